The van der Waals surface area contributed by atoms with Crippen molar-refractivity contribution in [2.75, 3.05) is 13.1 Å². The van der Waals surface area contributed by atoms with E-state index in [0.29, 0.717) is 23.9 Å². The van der Waals surface area contributed by atoms with Gasteiger partial charge in [-0.15, -0.1) is 11.3 Å². The van der Waals surface area contributed by atoms with Crippen molar-refractivity contribution in [3.63, 3.8) is 0 Å². The maximum Gasteiger partial charge on any atom is 0.207 e. The van der Waals surface area contributed by atoms with Crippen LogP contribution in [0.25, 0.3) is 14.9 Å². The number of thiophene rings is 1. The van der Waals surface area contributed by atoms with Gasteiger partial charge in [0.2, 0.25) is 5.69 Å². The maximum absolute atomic E-state index is 13.0. The van der Waals surface area contributed by atoms with Crippen LogP contribution in [0.2, 0.25) is 0 Å². The summed E-state index contributed by atoms with van der Waals surface area (Å²) in [6.45, 7) is 16.4. The molecule has 3 aliphatic heterocycles. The summed E-state index contributed by atoms with van der Waals surface area (Å²) in [6, 6.07) is 6.00. The lowest BCUT2D eigenvalue weighted by Crippen LogP contribution is -2.61. The lowest BCUT2D eigenvalue weighted by atomic mass is 9.65. The van der Waals surface area contributed by atoms with Crippen molar-refractivity contribution in [1.82, 2.24) is 4.90 Å². The van der Waals surface area contributed by atoms with E-state index in [2.05, 4.69) is 23.6 Å². The molecular weight excluding hydrogens is 328 g/mol. The summed E-state index contributed by atoms with van der Waals surface area (Å²) < 4.78 is 0.964. The smallest absolute Gasteiger partial charge is 0.207 e. The van der Waals surface area contributed by atoms with E-state index >= 15 is 0 Å². The zero-order valence-corrected chi connectivity index (χ0v) is 15.9. The number of nitrogens with zero attached hydrogens (tertiary/aromatic N) is 2. The van der Waals surface area contributed by atoms with Gasteiger partial charge in [0, 0.05) is 16.7 Å². The molecule has 25 heavy (non-hydrogen) atoms. The summed E-state index contributed by atoms with van der Waals surface area (Å²) in [5, 5.41) is 1.03. The Balaban J connectivity index is 1.64. The lowest BCUT2D eigenvalue weighted by Gasteiger charge is -2.56. The number of rotatable bonds is 3. The molecule has 4 heteroatoms. The number of fused-ring (bicyclic) bond motifs is 4. The van der Waals surface area contributed by atoms with Gasteiger partial charge in [0.15, 0.2) is 5.78 Å². The first-order chi connectivity index (χ1) is 11.9. The SMILES string of the molecule is [C-]#[N+]c1c(C)ccc2cc(C(=O)C[C@@H]3C4CCN(CC4)C3(C)C)sc12. The van der Waals surface area contributed by atoms with Crippen LogP contribution in [0.4, 0.5) is 5.69 Å². The minimum absolute atomic E-state index is 0.117. The first-order valence-electron chi connectivity index (χ1n) is 9.10. The molecule has 4 heterocycles. The summed E-state index contributed by atoms with van der Waals surface area (Å²) in [4.78, 5) is 20.1. The fourth-order valence-corrected chi connectivity index (χ4v) is 6.02. The number of ketones is 1. The number of aryl methyl sites for hydroxylation is 1. The van der Waals surface area contributed by atoms with Crippen LogP contribution in [-0.4, -0.2) is 29.3 Å². The Morgan fingerprint density at radius 1 is 1.36 bits per heavy atom. The van der Waals surface area contributed by atoms with Gasteiger partial charge in [-0.1, -0.05) is 12.1 Å². The second kappa shape index (κ2) is 5.93. The molecule has 0 unspecified atom stereocenters. The van der Waals surface area contributed by atoms with E-state index in [0.717, 1.165) is 20.5 Å². The van der Waals surface area contributed by atoms with Gasteiger partial charge in [0.25, 0.3) is 0 Å². The van der Waals surface area contributed by atoms with Crippen molar-refractivity contribution in [3.05, 3.63) is 40.1 Å². The predicted molar refractivity (Wildman–Crippen MR) is 104 cm³/mol. The van der Waals surface area contributed by atoms with Crippen molar-refractivity contribution in [2.45, 2.75) is 45.6 Å². The van der Waals surface area contributed by atoms with E-state index in [4.69, 9.17) is 6.57 Å². The average Bonchev–Trinajstić information content (AvgIpc) is 3.02. The maximum atomic E-state index is 13.0. The molecule has 1 aromatic carbocycles. The Bertz CT molecular complexity index is 881. The quantitative estimate of drug-likeness (QED) is 0.542. The number of carbonyl (C=O) groups excluding carboxylic acids is 1. The molecule has 5 rings (SSSR count). The van der Waals surface area contributed by atoms with Crippen LogP contribution < -0.4 is 0 Å². The molecule has 0 radical (unpaired) electrons. The number of Topliss-reactive ketones (excluding diaryl/α,β-unsaturated/α-hetero) is 1. The highest BCUT2D eigenvalue weighted by molar-refractivity contribution is 7.21. The van der Waals surface area contributed by atoms with Gasteiger partial charge in [-0.2, -0.15) is 0 Å². The number of hydrogen-bond donors (Lipinski definition) is 0. The Kier molecular flexibility index (Phi) is 3.97. The van der Waals surface area contributed by atoms with Crippen LogP contribution in [0.1, 0.15) is 48.3 Å². The highest BCUT2D eigenvalue weighted by Gasteiger charge is 2.47. The highest BCUT2D eigenvalue weighted by Crippen LogP contribution is 2.46. The molecule has 0 saturated carbocycles. The molecule has 0 N–H and O–H groups in total. The Morgan fingerprint density at radius 2 is 2.08 bits per heavy atom. The molecule has 2 aromatic rings. The second-order valence-corrected chi connectivity index (χ2v) is 9.14. The topological polar surface area (TPSA) is 24.7 Å². The number of piperidine rings is 3. The third-order valence-electron chi connectivity index (χ3n) is 6.49. The van der Waals surface area contributed by atoms with Crippen LogP contribution in [0.15, 0.2) is 18.2 Å². The molecule has 3 aliphatic rings. The van der Waals surface area contributed by atoms with Crippen LogP contribution >= 0.6 is 11.3 Å². The zero-order valence-electron chi connectivity index (χ0n) is 15.1. The van der Waals surface area contributed by atoms with E-state index < -0.39 is 0 Å². The van der Waals surface area contributed by atoms with Crippen molar-refractivity contribution in [3.8, 4) is 0 Å². The van der Waals surface area contributed by atoms with Crippen LogP contribution in [0.5, 0.6) is 0 Å². The average molecular weight is 353 g/mol. The molecule has 3 nitrogen and oxygen atoms in total. The molecule has 1 atom stereocenters. The summed E-state index contributed by atoms with van der Waals surface area (Å²) >= 11 is 1.50. The zero-order chi connectivity index (χ0) is 17.8. The lowest BCUT2D eigenvalue weighted by molar-refractivity contribution is -0.0643. The van der Waals surface area contributed by atoms with E-state index in [9.17, 15) is 4.79 Å². The predicted octanol–water partition coefficient (Wildman–Crippen LogP) is 5.45. The molecule has 0 amide bonds. The number of benzene rings is 1. The van der Waals surface area contributed by atoms with Crippen molar-refractivity contribution in [1.29, 1.82) is 0 Å². The Morgan fingerprint density at radius 3 is 2.72 bits per heavy atom. The molecule has 3 fully saturated rings. The fourth-order valence-electron chi connectivity index (χ4n) is 4.87. The number of carbonyl (C=O) groups is 1. The molecule has 130 valence electrons. The van der Waals surface area contributed by atoms with E-state index in [1.807, 2.05) is 25.1 Å². The van der Waals surface area contributed by atoms with Gasteiger partial charge < -0.3 is 0 Å². The summed E-state index contributed by atoms with van der Waals surface area (Å²) in [7, 11) is 0. The molecule has 0 aliphatic carbocycles. The third-order valence-corrected chi connectivity index (χ3v) is 7.68. The van der Waals surface area contributed by atoms with Gasteiger partial charge >= 0.3 is 0 Å². The Hall–Kier alpha value is -1.70. The summed E-state index contributed by atoms with van der Waals surface area (Å²) in [5.41, 5.74) is 1.80. The van der Waals surface area contributed by atoms with E-state index in [1.54, 1.807) is 0 Å². The summed E-state index contributed by atoms with van der Waals surface area (Å²) in [6.07, 6.45) is 3.09. The van der Waals surface area contributed by atoms with Crippen LogP contribution in [0, 0.1) is 25.3 Å². The normalized spacial score (nSPS) is 27.4. The second-order valence-electron chi connectivity index (χ2n) is 8.08. The highest BCUT2D eigenvalue weighted by atomic mass is 32.1. The first-order valence-corrected chi connectivity index (χ1v) is 9.92. The van der Waals surface area contributed by atoms with Gasteiger partial charge in [0.05, 0.1) is 11.4 Å². The van der Waals surface area contributed by atoms with Gasteiger partial charge in [-0.05, 0) is 75.6 Å². The molecule has 3 saturated heterocycles. The van der Waals surface area contributed by atoms with Gasteiger partial charge in [-0.25, -0.2) is 4.85 Å². The molecule has 0 spiro atoms. The largest absolute Gasteiger partial charge is 0.298 e. The van der Waals surface area contributed by atoms with Crippen molar-refractivity contribution >= 4 is 32.9 Å². The van der Waals surface area contributed by atoms with Gasteiger partial charge in [-0.3, -0.25) is 9.69 Å². The van der Waals surface area contributed by atoms with E-state index in [1.165, 1.54) is 37.3 Å². The molecule has 2 bridgehead atoms. The van der Waals surface area contributed by atoms with Crippen LogP contribution in [0.3, 0.4) is 0 Å². The first kappa shape index (κ1) is 16.8. The number of hydrogen-bond acceptors (Lipinski definition) is 3. The molecule has 1 aromatic heterocycles. The van der Waals surface area contributed by atoms with E-state index in [-0.39, 0.29) is 11.3 Å². The van der Waals surface area contributed by atoms with Crippen molar-refractivity contribution < 1.29 is 4.79 Å². The minimum atomic E-state index is 0.117. The summed E-state index contributed by atoms with van der Waals surface area (Å²) in [5.74, 6) is 1.37. The standard InChI is InChI=1S/C21H24N2OS/c1-13-5-6-15-11-18(25-20(15)19(13)22-4)17(24)12-16-14-7-9-23(10-8-14)21(16,2)3/h5-6,11,14,16H,7-10,12H2,1-3H3/t16-/m1/s1. The minimum Gasteiger partial charge on any atom is -0.298 e. The van der Waals surface area contributed by atoms with Crippen LogP contribution in [-0.2, 0) is 0 Å². The monoisotopic (exact) mass is 352 g/mol. The van der Waals surface area contributed by atoms with Crippen molar-refractivity contribution in [2.24, 2.45) is 11.8 Å². The Labute approximate surface area is 153 Å². The molecular formula is C21H24N2OS. The van der Waals surface area contributed by atoms with Gasteiger partial charge in [0.1, 0.15) is 0 Å². The fraction of sp³-hybridized carbons (Fsp3) is 0.524. The third kappa shape index (κ3) is 2.61.